The van der Waals surface area contributed by atoms with Gasteiger partial charge in [0.2, 0.25) is 6.33 Å². The van der Waals surface area contributed by atoms with Crippen LogP contribution in [0, 0.1) is 27.7 Å². The predicted octanol–water partition coefficient (Wildman–Crippen LogP) is 11.3. The number of imidazole rings is 3. The summed E-state index contributed by atoms with van der Waals surface area (Å²) in [4.78, 5) is 0. The smallest absolute Gasteiger partial charge is 0.356 e. The molecule has 14 heteroatoms. The fourth-order valence-corrected chi connectivity index (χ4v) is 8.49. The zero-order chi connectivity index (χ0) is 46.3. The lowest BCUT2D eigenvalue weighted by Gasteiger charge is -2.11. The number of hydrogen-bond acceptors (Lipinski definition) is 6. The molecule has 5 heterocycles. The minimum atomic E-state index is 0.794. The minimum Gasteiger partial charge on any atom is -0.356 e. The first-order valence-corrected chi connectivity index (χ1v) is 22.9. The first-order chi connectivity index (χ1) is 32.6. The topological polar surface area (TPSA) is 110 Å². The van der Waals surface area contributed by atoms with Crippen LogP contribution in [0.2, 0.25) is 0 Å². The molecule has 9 rings (SSSR count). The predicted molar refractivity (Wildman–Crippen MR) is 263 cm³/mol. The highest BCUT2D eigenvalue weighted by Gasteiger charge is 2.17. The Labute approximate surface area is 392 Å². The van der Waals surface area contributed by atoms with Crippen LogP contribution >= 0.6 is 0 Å². The van der Waals surface area contributed by atoms with E-state index in [1.165, 1.54) is 22.8 Å². The average molecular weight is 892 g/mol. The van der Waals surface area contributed by atoms with Gasteiger partial charge in [-0.15, -0.1) is 0 Å². The summed E-state index contributed by atoms with van der Waals surface area (Å²) in [6, 6.07) is 41.6. The first kappa shape index (κ1) is 44.1. The van der Waals surface area contributed by atoms with Crippen LogP contribution in [0.5, 0.6) is 0 Å². The van der Waals surface area contributed by atoms with Gasteiger partial charge in [-0.3, -0.25) is 0 Å². The maximum absolute atomic E-state index is 4.65. The lowest BCUT2D eigenvalue weighted by Crippen LogP contribution is -2.32. The second-order valence-corrected chi connectivity index (χ2v) is 17.1. The normalized spacial score (nSPS) is 11.7. The van der Waals surface area contributed by atoms with Crippen molar-refractivity contribution in [3.63, 3.8) is 0 Å². The van der Waals surface area contributed by atoms with Gasteiger partial charge in [-0.2, -0.15) is 0 Å². The third-order valence-electron chi connectivity index (χ3n) is 12.1. The largest absolute Gasteiger partial charge is 0.421 e. The van der Waals surface area contributed by atoms with Crippen LogP contribution in [-0.4, -0.2) is 22.8 Å². The van der Waals surface area contributed by atoms with Crippen molar-refractivity contribution in [3.05, 3.63) is 188 Å². The minimum absolute atomic E-state index is 0.794. The average Bonchev–Trinajstić information content (AvgIpc) is 4.17. The van der Waals surface area contributed by atoms with Gasteiger partial charge in [-0.25, -0.2) is 27.4 Å². The quantitative estimate of drug-likeness (QED) is 0.0661. The maximum Gasteiger partial charge on any atom is 0.421 e. The summed E-state index contributed by atoms with van der Waals surface area (Å²) in [5.41, 5.74) is 12.8. The summed E-state index contributed by atoms with van der Waals surface area (Å²) >= 11 is 0. The summed E-state index contributed by atoms with van der Waals surface area (Å²) in [7, 11) is 4.00. The van der Waals surface area contributed by atoms with Crippen molar-refractivity contribution in [2.75, 3.05) is 10.6 Å². The Bertz CT molecular complexity index is 2870. The second kappa shape index (κ2) is 19.9. The van der Waals surface area contributed by atoms with Gasteiger partial charge in [0.05, 0.1) is 65.1 Å². The molecule has 338 valence electrons. The molecule has 0 unspecified atom stereocenters. The third kappa shape index (κ3) is 10.5. The zero-order valence-electron chi connectivity index (χ0n) is 39.2. The highest BCUT2D eigenvalue weighted by atomic mass is 15.3. The SMILES string of the molecule is Cc1ccc(C)n1-c1ccc(Nc2ccc(N=Nc3n(CCCn4cc[n+](CCCn5cc[n+](C)c5N=Nc5ccc(Nc6ccc(-n7c(C)ccc7C)cc6)cc5)c4)cc[n+]3C)cc2)cc1. The van der Waals surface area contributed by atoms with Crippen LogP contribution in [-0.2, 0) is 40.3 Å². The summed E-state index contributed by atoms with van der Waals surface area (Å²) in [6.45, 7) is 11.9. The summed E-state index contributed by atoms with van der Waals surface area (Å²) in [5, 5.41) is 25.4. The Morgan fingerprint density at radius 2 is 0.836 bits per heavy atom. The number of benzene rings is 4. The van der Waals surface area contributed by atoms with Crippen molar-refractivity contribution in [1.29, 1.82) is 0 Å². The molecule has 2 N–H and O–H groups in total. The highest BCUT2D eigenvalue weighted by molar-refractivity contribution is 5.64. The Balaban J connectivity index is 0.716. The van der Waals surface area contributed by atoms with E-state index in [9.17, 15) is 0 Å². The van der Waals surface area contributed by atoms with Gasteiger partial charge >= 0.3 is 11.9 Å². The molecule has 0 saturated carbocycles. The molecule has 0 saturated heterocycles. The van der Waals surface area contributed by atoms with Gasteiger partial charge in [0.15, 0.2) is 0 Å². The number of nitrogens with one attached hydrogen (secondary N) is 2. The summed E-state index contributed by atoms with van der Waals surface area (Å²) in [5.74, 6) is 1.61. The number of nitrogens with zero attached hydrogens (tertiary/aromatic N) is 12. The molecule has 0 radical (unpaired) electrons. The monoisotopic (exact) mass is 892 g/mol. The van der Waals surface area contributed by atoms with E-state index in [1.54, 1.807) is 0 Å². The van der Waals surface area contributed by atoms with E-state index in [0.717, 1.165) is 96.4 Å². The van der Waals surface area contributed by atoms with E-state index >= 15 is 0 Å². The molecular formula is C53H59N14+3. The molecule has 0 aliphatic heterocycles. The molecule has 67 heavy (non-hydrogen) atoms. The zero-order valence-corrected chi connectivity index (χ0v) is 39.2. The standard InChI is InChI=1S/C53H57N14/c1-40-9-10-41(2)66(40)50-25-21-46(22-26-50)54-44-13-17-48(18-14-44)56-58-52-60(5)33-37-64(52)31-7-29-62-35-36-63(39-62)30-8-32-65-38-34-61(6)53(65)59-57-49-19-15-45(16-20-49)55-47-23-27-51(28-24-47)67-42(3)11-12-43(67)4/h9-28,33-39H,7-8,29-32H2,1-6H3/q+1/p+2. The molecule has 0 bridgehead atoms. The number of azo groups is 2. The molecule has 9 aromatic rings. The Morgan fingerprint density at radius 1 is 0.433 bits per heavy atom. The molecule has 14 nitrogen and oxygen atoms in total. The van der Waals surface area contributed by atoms with E-state index in [-0.39, 0.29) is 0 Å². The molecule has 0 aliphatic carbocycles. The second-order valence-electron chi connectivity index (χ2n) is 17.1. The fraction of sp³-hybridized carbons (Fsp3) is 0.226. The van der Waals surface area contributed by atoms with Gasteiger partial charge in [0.1, 0.15) is 23.8 Å². The Morgan fingerprint density at radius 3 is 1.27 bits per heavy atom. The molecule has 0 fully saturated rings. The van der Waals surface area contributed by atoms with E-state index in [0.29, 0.717) is 0 Å². The number of rotatable bonds is 18. The van der Waals surface area contributed by atoms with Crippen LogP contribution in [0.4, 0.5) is 46.0 Å². The summed E-state index contributed by atoms with van der Waals surface area (Å²) < 4.78 is 17.3. The molecular weight excluding hydrogens is 833 g/mol. The number of aromatic nitrogens is 8. The lowest BCUT2D eigenvalue weighted by atomic mass is 10.2. The van der Waals surface area contributed by atoms with Gasteiger partial charge in [0, 0.05) is 80.0 Å². The van der Waals surface area contributed by atoms with Crippen molar-refractivity contribution < 1.29 is 13.7 Å². The number of hydrogen-bond donors (Lipinski definition) is 2. The molecule has 5 aromatic heterocycles. The van der Waals surface area contributed by atoms with E-state index < -0.39 is 0 Å². The molecule has 0 spiro atoms. The van der Waals surface area contributed by atoms with E-state index in [1.807, 2.05) is 84.2 Å². The molecule has 0 aliphatic rings. The van der Waals surface area contributed by atoms with Gasteiger partial charge < -0.3 is 19.8 Å². The van der Waals surface area contributed by atoms with Crippen LogP contribution in [0.1, 0.15) is 35.6 Å². The van der Waals surface area contributed by atoms with Crippen molar-refractivity contribution in [2.24, 2.45) is 34.6 Å². The van der Waals surface area contributed by atoms with Gasteiger partial charge in [-0.1, -0.05) is 10.2 Å². The third-order valence-corrected chi connectivity index (χ3v) is 12.1. The van der Waals surface area contributed by atoms with Gasteiger partial charge in [-0.05, 0) is 149 Å². The van der Waals surface area contributed by atoms with Crippen molar-refractivity contribution in [2.45, 2.75) is 66.7 Å². The fourth-order valence-electron chi connectivity index (χ4n) is 8.49. The highest BCUT2D eigenvalue weighted by Crippen LogP contribution is 2.26. The van der Waals surface area contributed by atoms with Crippen molar-refractivity contribution >= 4 is 46.0 Å². The van der Waals surface area contributed by atoms with Crippen LogP contribution in [0.25, 0.3) is 11.4 Å². The van der Waals surface area contributed by atoms with E-state index in [2.05, 4.69) is 190 Å². The number of anilines is 4. The van der Waals surface area contributed by atoms with Crippen molar-refractivity contribution in [1.82, 2.24) is 22.8 Å². The van der Waals surface area contributed by atoms with E-state index in [4.69, 9.17) is 0 Å². The van der Waals surface area contributed by atoms with Crippen LogP contribution in [0.15, 0.2) is 185 Å². The number of aryl methyl sites for hydroxylation is 10. The molecule has 0 amide bonds. The molecule has 0 atom stereocenters. The van der Waals surface area contributed by atoms with Crippen LogP contribution in [0.3, 0.4) is 0 Å². The van der Waals surface area contributed by atoms with Crippen LogP contribution < -0.4 is 24.3 Å². The lowest BCUT2D eigenvalue weighted by molar-refractivity contribution is -0.697. The summed E-state index contributed by atoms with van der Waals surface area (Å²) in [6.07, 6.45) is 16.6. The van der Waals surface area contributed by atoms with Gasteiger partial charge in [0.25, 0.3) is 0 Å². The Hall–Kier alpha value is -8.13. The molecule has 4 aromatic carbocycles. The maximum atomic E-state index is 4.65. The first-order valence-electron chi connectivity index (χ1n) is 22.9. The Kier molecular flexibility index (Phi) is 13.1. The van der Waals surface area contributed by atoms with Crippen molar-refractivity contribution in [3.8, 4) is 11.4 Å².